The van der Waals surface area contributed by atoms with Gasteiger partial charge in [-0.3, -0.25) is 10.1 Å². The molecule has 1 aromatic rings. The van der Waals surface area contributed by atoms with Crippen molar-refractivity contribution in [2.24, 2.45) is 5.73 Å². The van der Waals surface area contributed by atoms with E-state index in [-0.39, 0.29) is 5.95 Å². The first kappa shape index (κ1) is 14.3. The van der Waals surface area contributed by atoms with Crippen LogP contribution < -0.4 is 11.1 Å². The first-order valence-electron chi connectivity index (χ1n) is 4.90. The van der Waals surface area contributed by atoms with Gasteiger partial charge in [0.2, 0.25) is 5.95 Å². The fraction of sp³-hybridized carbons (Fsp3) is 0.556. The Kier molecular flexibility index (Phi) is 3.56. The van der Waals surface area contributed by atoms with Crippen LogP contribution in [0, 0.1) is 13.8 Å². The maximum absolute atomic E-state index is 12.5. The number of nitrogens with zero attached hydrogens (tertiary/aromatic N) is 3. The molecule has 1 unspecified atom stereocenters. The molecular weight excluding hydrogens is 251 g/mol. The van der Waals surface area contributed by atoms with E-state index in [1.165, 1.54) is 0 Å². The van der Waals surface area contributed by atoms with Gasteiger partial charge in [-0.05, 0) is 20.8 Å². The topological polar surface area (TPSA) is 93.8 Å². The lowest BCUT2D eigenvalue weighted by Crippen LogP contribution is -2.59. The summed E-state index contributed by atoms with van der Waals surface area (Å²) in [5.74, 6) is -1.76. The zero-order valence-electron chi connectivity index (χ0n) is 9.96. The fourth-order valence-corrected chi connectivity index (χ4v) is 0.870. The Labute approximate surface area is 101 Å². The molecule has 0 aromatic carbocycles. The molecule has 9 heteroatoms. The van der Waals surface area contributed by atoms with Crippen LogP contribution in [-0.4, -0.2) is 32.8 Å². The zero-order chi connectivity index (χ0) is 14.1. The van der Waals surface area contributed by atoms with Gasteiger partial charge in [-0.15, -0.1) is 5.10 Å². The van der Waals surface area contributed by atoms with E-state index in [0.717, 1.165) is 0 Å². The Bertz CT molecular complexity index is 472. The largest absolute Gasteiger partial charge is 0.415 e. The minimum absolute atomic E-state index is 0.316. The fourth-order valence-electron chi connectivity index (χ4n) is 0.870. The number of alkyl halides is 3. The molecule has 1 amide bonds. The number of carbonyl (C=O) groups is 1. The van der Waals surface area contributed by atoms with Gasteiger partial charge in [0.25, 0.3) is 5.91 Å². The van der Waals surface area contributed by atoms with Crippen molar-refractivity contribution in [3.63, 3.8) is 0 Å². The van der Waals surface area contributed by atoms with Gasteiger partial charge in [0.1, 0.15) is 0 Å². The molecule has 6 nitrogen and oxygen atoms in total. The number of aromatic nitrogens is 3. The molecule has 0 saturated heterocycles. The molecule has 100 valence electrons. The van der Waals surface area contributed by atoms with Gasteiger partial charge in [0.05, 0.1) is 11.4 Å². The molecule has 0 aliphatic heterocycles. The molecule has 0 aliphatic rings. The van der Waals surface area contributed by atoms with Crippen LogP contribution in [-0.2, 0) is 4.79 Å². The molecule has 3 N–H and O–H groups in total. The summed E-state index contributed by atoms with van der Waals surface area (Å²) in [6.07, 6.45) is -4.87. The van der Waals surface area contributed by atoms with Crippen LogP contribution >= 0.6 is 0 Å². The molecule has 1 atom stereocenters. The van der Waals surface area contributed by atoms with Crippen LogP contribution in [0.2, 0.25) is 0 Å². The Hall–Kier alpha value is -1.77. The van der Waals surface area contributed by atoms with Crippen molar-refractivity contribution >= 4 is 11.9 Å². The highest BCUT2D eigenvalue weighted by Gasteiger charge is 2.54. The van der Waals surface area contributed by atoms with Crippen LogP contribution in [0.3, 0.4) is 0 Å². The van der Waals surface area contributed by atoms with Crippen LogP contribution in [0.15, 0.2) is 0 Å². The smallest absolute Gasteiger partial charge is 0.310 e. The van der Waals surface area contributed by atoms with Crippen molar-refractivity contribution < 1.29 is 18.0 Å². The summed E-state index contributed by atoms with van der Waals surface area (Å²) < 4.78 is 37.5. The van der Waals surface area contributed by atoms with E-state index in [1.54, 1.807) is 13.8 Å². The van der Waals surface area contributed by atoms with Gasteiger partial charge in [-0.1, -0.05) is 0 Å². The summed E-state index contributed by atoms with van der Waals surface area (Å²) in [7, 11) is 0. The van der Waals surface area contributed by atoms with Gasteiger partial charge < -0.3 is 5.73 Å². The molecule has 0 spiro atoms. The normalized spacial score (nSPS) is 15.1. The number of aryl methyl sites for hydroxylation is 2. The number of nitrogens with one attached hydrogen (secondary N) is 1. The quantitative estimate of drug-likeness (QED) is 0.819. The molecular formula is C9H12F3N5O. The van der Waals surface area contributed by atoms with Gasteiger partial charge in [0, 0.05) is 0 Å². The van der Waals surface area contributed by atoms with E-state index in [4.69, 9.17) is 5.73 Å². The van der Waals surface area contributed by atoms with E-state index < -0.39 is 17.6 Å². The molecule has 0 radical (unpaired) electrons. The van der Waals surface area contributed by atoms with E-state index in [1.807, 2.05) is 5.32 Å². The molecule has 0 aliphatic carbocycles. The number of amides is 1. The van der Waals surface area contributed by atoms with Crippen molar-refractivity contribution in [3.05, 3.63) is 11.4 Å². The average molecular weight is 263 g/mol. The summed E-state index contributed by atoms with van der Waals surface area (Å²) in [4.78, 5) is 15.2. The van der Waals surface area contributed by atoms with Crippen LogP contribution in [0.4, 0.5) is 19.1 Å². The Morgan fingerprint density at radius 3 is 2.22 bits per heavy atom. The first-order chi connectivity index (χ1) is 8.05. The number of hydrogen-bond donors (Lipinski definition) is 2. The minimum atomic E-state index is -4.87. The third kappa shape index (κ3) is 2.73. The molecule has 0 bridgehead atoms. The summed E-state index contributed by atoms with van der Waals surface area (Å²) >= 11 is 0. The molecule has 0 fully saturated rings. The Balaban J connectivity index is 2.91. The monoisotopic (exact) mass is 263 g/mol. The summed E-state index contributed by atoms with van der Waals surface area (Å²) in [5, 5.41) is 8.97. The number of carbonyl (C=O) groups excluding carboxylic acids is 1. The van der Waals surface area contributed by atoms with Crippen LogP contribution in [0.5, 0.6) is 0 Å². The van der Waals surface area contributed by atoms with Crippen molar-refractivity contribution in [2.45, 2.75) is 32.5 Å². The molecule has 1 heterocycles. The second-order valence-corrected chi connectivity index (χ2v) is 3.96. The summed E-state index contributed by atoms with van der Waals surface area (Å²) in [5.41, 5.74) is 2.88. The van der Waals surface area contributed by atoms with Gasteiger partial charge in [-0.2, -0.15) is 18.3 Å². The minimum Gasteiger partial charge on any atom is -0.310 e. The Morgan fingerprint density at radius 1 is 1.22 bits per heavy atom. The molecule has 1 rings (SSSR count). The number of nitrogens with two attached hydrogens (primary N) is 1. The van der Waals surface area contributed by atoms with Crippen molar-refractivity contribution in [1.29, 1.82) is 0 Å². The second kappa shape index (κ2) is 4.48. The summed E-state index contributed by atoms with van der Waals surface area (Å²) in [6, 6.07) is 0. The number of halogens is 3. The third-order valence-electron chi connectivity index (χ3n) is 2.38. The van der Waals surface area contributed by atoms with Crippen molar-refractivity contribution in [3.8, 4) is 0 Å². The van der Waals surface area contributed by atoms with E-state index in [2.05, 4.69) is 15.2 Å². The highest BCUT2D eigenvalue weighted by molar-refractivity contribution is 5.97. The van der Waals surface area contributed by atoms with Crippen molar-refractivity contribution in [1.82, 2.24) is 15.2 Å². The first-order valence-corrected chi connectivity index (χ1v) is 4.90. The zero-order valence-corrected chi connectivity index (χ0v) is 9.96. The molecule has 1 aromatic heterocycles. The standard InChI is InChI=1S/C9H12F3N5O/c1-4-5(2)16-17-7(14-4)15-6(18)8(3,13)9(10,11)12/h13H2,1-3H3,(H,14,15,17,18). The lowest BCUT2D eigenvalue weighted by Gasteiger charge is -2.25. The maximum Gasteiger partial charge on any atom is 0.415 e. The van der Waals surface area contributed by atoms with Gasteiger partial charge >= 0.3 is 6.18 Å². The van der Waals surface area contributed by atoms with E-state index >= 15 is 0 Å². The van der Waals surface area contributed by atoms with Crippen LogP contribution in [0.1, 0.15) is 18.3 Å². The lowest BCUT2D eigenvalue weighted by molar-refractivity contribution is -0.184. The Morgan fingerprint density at radius 2 is 1.78 bits per heavy atom. The average Bonchev–Trinajstić information content (AvgIpc) is 2.21. The van der Waals surface area contributed by atoms with Gasteiger partial charge in [0.15, 0.2) is 5.54 Å². The highest BCUT2D eigenvalue weighted by Crippen LogP contribution is 2.28. The number of anilines is 1. The van der Waals surface area contributed by atoms with Crippen molar-refractivity contribution in [2.75, 3.05) is 5.32 Å². The lowest BCUT2D eigenvalue weighted by atomic mass is 10.0. The second-order valence-electron chi connectivity index (χ2n) is 3.96. The predicted octanol–water partition coefficient (Wildman–Crippen LogP) is 0.707. The van der Waals surface area contributed by atoms with E-state index in [0.29, 0.717) is 18.3 Å². The maximum atomic E-state index is 12.5. The number of rotatable bonds is 2. The number of hydrogen-bond acceptors (Lipinski definition) is 5. The molecule has 18 heavy (non-hydrogen) atoms. The van der Waals surface area contributed by atoms with Gasteiger partial charge in [-0.25, -0.2) is 4.98 Å². The SMILES string of the molecule is Cc1nnc(NC(=O)C(C)(N)C(F)(F)F)nc1C. The van der Waals surface area contributed by atoms with E-state index in [9.17, 15) is 18.0 Å². The predicted molar refractivity (Wildman–Crippen MR) is 56.6 cm³/mol. The summed E-state index contributed by atoms with van der Waals surface area (Å²) in [6.45, 7) is 3.78. The third-order valence-corrected chi connectivity index (χ3v) is 2.38. The highest BCUT2D eigenvalue weighted by atomic mass is 19.4. The molecule has 0 saturated carbocycles. The van der Waals surface area contributed by atoms with Crippen LogP contribution in [0.25, 0.3) is 0 Å².